The van der Waals surface area contributed by atoms with Crippen LogP contribution in [0.3, 0.4) is 0 Å². The van der Waals surface area contributed by atoms with Crippen molar-refractivity contribution in [3.05, 3.63) is 88.4 Å². The van der Waals surface area contributed by atoms with E-state index in [1.165, 1.54) is 0 Å². The van der Waals surface area contributed by atoms with E-state index in [0.717, 1.165) is 10.4 Å². The zero-order valence-corrected chi connectivity index (χ0v) is 13.5. The fraction of sp³-hybridized carbons (Fsp3) is 0. The zero-order valence-electron chi connectivity index (χ0n) is 12.7. The maximum Gasteiger partial charge on any atom is 0.283 e. The Hall–Kier alpha value is -3.05. The Kier molecular flexibility index (Phi) is 3.76. The Morgan fingerprint density at radius 3 is 2.50 bits per heavy atom. The molecule has 0 bridgehead atoms. The van der Waals surface area contributed by atoms with Crippen molar-refractivity contribution in [2.24, 2.45) is 4.99 Å². The van der Waals surface area contributed by atoms with Crippen molar-refractivity contribution in [3.63, 3.8) is 0 Å². The van der Waals surface area contributed by atoms with Gasteiger partial charge in [-0.25, -0.2) is 14.9 Å². The molecule has 0 saturated carbocycles. The van der Waals surface area contributed by atoms with Crippen LogP contribution in [0.4, 0.5) is 5.82 Å². The summed E-state index contributed by atoms with van der Waals surface area (Å²) in [5.74, 6) is 1.00. The van der Waals surface area contributed by atoms with Gasteiger partial charge in [-0.1, -0.05) is 42.5 Å². The smallest absolute Gasteiger partial charge is 0.266 e. The lowest BCUT2D eigenvalue weighted by molar-refractivity contribution is -0.113. The highest BCUT2D eigenvalue weighted by molar-refractivity contribution is 7.10. The quantitative estimate of drug-likeness (QED) is 0.682. The number of nitrogens with zero attached hydrogens (tertiary/aromatic N) is 3. The minimum Gasteiger partial charge on any atom is -0.266 e. The Morgan fingerprint density at radius 1 is 0.958 bits per heavy atom. The summed E-state index contributed by atoms with van der Waals surface area (Å²) in [5.41, 5.74) is 1.30. The molecule has 0 saturated heterocycles. The minimum atomic E-state index is -0.166. The highest BCUT2D eigenvalue weighted by Crippen LogP contribution is 2.27. The number of aromatic nitrogens is 1. The van der Waals surface area contributed by atoms with Gasteiger partial charge < -0.3 is 0 Å². The van der Waals surface area contributed by atoms with Gasteiger partial charge in [0.05, 0.1) is 0 Å². The Morgan fingerprint density at radius 2 is 1.79 bits per heavy atom. The first kappa shape index (κ1) is 14.5. The van der Waals surface area contributed by atoms with Gasteiger partial charge in [0.2, 0.25) is 0 Å². The van der Waals surface area contributed by atoms with E-state index in [2.05, 4.69) is 9.98 Å². The number of rotatable bonds is 3. The Bertz CT molecular complexity index is 916. The molecule has 0 fully saturated rings. The predicted octanol–water partition coefficient (Wildman–Crippen LogP) is 3.98. The molecular formula is C19H13N3OS. The van der Waals surface area contributed by atoms with Gasteiger partial charge in [-0.15, -0.1) is 11.3 Å². The molecule has 4 nitrogen and oxygen atoms in total. The molecule has 116 valence electrons. The first-order chi connectivity index (χ1) is 11.8. The van der Waals surface area contributed by atoms with Crippen LogP contribution in [0.2, 0.25) is 0 Å². The second-order valence-corrected chi connectivity index (χ2v) is 6.15. The van der Waals surface area contributed by atoms with Crippen LogP contribution in [0.5, 0.6) is 0 Å². The van der Waals surface area contributed by atoms with Crippen molar-refractivity contribution in [1.29, 1.82) is 0 Å². The number of hydrogen-bond donors (Lipinski definition) is 0. The van der Waals surface area contributed by atoms with E-state index in [-0.39, 0.29) is 5.91 Å². The van der Waals surface area contributed by atoms with Crippen molar-refractivity contribution >= 4 is 35.0 Å². The van der Waals surface area contributed by atoms with Crippen LogP contribution in [0.25, 0.3) is 6.08 Å². The molecule has 2 aromatic heterocycles. The number of carbonyl (C=O) groups is 1. The summed E-state index contributed by atoms with van der Waals surface area (Å²) in [6, 6.07) is 19.1. The summed E-state index contributed by atoms with van der Waals surface area (Å²) in [6.07, 6.45) is 3.49. The molecule has 3 aromatic rings. The fourth-order valence-electron chi connectivity index (χ4n) is 2.50. The molecule has 0 aliphatic carbocycles. The maximum absolute atomic E-state index is 12.9. The van der Waals surface area contributed by atoms with Crippen molar-refractivity contribution in [2.45, 2.75) is 0 Å². The first-order valence-electron chi connectivity index (χ1n) is 7.48. The van der Waals surface area contributed by atoms with Gasteiger partial charge >= 0.3 is 0 Å². The van der Waals surface area contributed by atoms with Gasteiger partial charge in [-0.05, 0) is 29.7 Å². The summed E-state index contributed by atoms with van der Waals surface area (Å²) in [4.78, 5) is 24.4. The zero-order chi connectivity index (χ0) is 16.4. The van der Waals surface area contributed by atoms with Crippen LogP contribution in [-0.4, -0.2) is 16.7 Å². The SMILES string of the molecule is O=C1C(=Cc2cccs2)N=C(c2ccccc2)N1c1ccccn1. The molecule has 1 aromatic carbocycles. The van der Waals surface area contributed by atoms with Gasteiger partial charge in [0.1, 0.15) is 17.4 Å². The average molecular weight is 331 g/mol. The molecule has 0 radical (unpaired) electrons. The summed E-state index contributed by atoms with van der Waals surface area (Å²) < 4.78 is 0. The highest BCUT2D eigenvalue weighted by atomic mass is 32.1. The minimum absolute atomic E-state index is 0.166. The van der Waals surface area contributed by atoms with Crippen LogP contribution in [0.1, 0.15) is 10.4 Å². The van der Waals surface area contributed by atoms with Crippen molar-refractivity contribution < 1.29 is 4.79 Å². The highest BCUT2D eigenvalue weighted by Gasteiger charge is 2.33. The predicted molar refractivity (Wildman–Crippen MR) is 97.0 cm³/mol. The number of aliphatic imine (C=N–C) groups is 1. The van der Waals surface area contributed by atoms with E-state index in [9.17, 15) is 4.79 Å². The number of thiophene rings is 1. The summed E-state index contributed by atoms with van der Waals surface area (Å²) in [6.45, 7) is 0. The van der Waals surface area contributed by atoms with Crippen molar-refractivity contribution in [1.82, 2.24) is 4.98 Å². The van der Waals surface area contributed by atoms with Gasteiger partial charge in [0.25, 0.3) is 5.91 Å². The second kappa shape index (κ2) is 6.22. The molecule has 24 heavy (non-hydrogen) atoms. The van der Waals surface area contributed by atoms with Crippen LogP contribution >= 0.6 is 11.3 Å². The lowest BCUT2D eigenvalue weighted by Crippen LogP contribution is -2.33. The lowest BCUT2D eigenvalue weighted by Gasteiger charge is -2.17. The summed E-state index contributed by atoms with van der Waals surface area (Å²) >= 11 is 1.57. The van der Waals surface area contributed by atoms with Gasteiger partial charge in [0, 0.05) is 16.6 Å². The third-order valence-electron chi connectivity index (χ3n) is 3.59. The number of carbonyl (C=O) groups excluding carboxylic acids is 1. The van der Waals surface area contributed by atoms with Crippen molar-refractivity contribution in [3.8, 4) is 0 Å². The number of hydrogen-bond acceptors (Lipinski definition) is 4. The molecule has 0 spiro atoms. The third-order valence-corrected chi connectivity index (χ3v) is 4.41. The molecule has 1 aliphatic rings. The van der Waals surface area contributed by atoms with Crippen LogP contribution in [0.15, 0.2) is 82.9 Å². The molecular weight excluding hydrogens is 318 g/mol. The standard InChI is InChI=1S/C19H13N3OS/c23-19-16(13-15-9-6-12-24-15)21-18(14-7-2-1-3-8-14)22(19)17-10-4-5-11-20-17/h1-13H. The van der Waals surface area contributed by atoms with Crippen LogP contribution < -0.4 is 4.90 Å². The topological polar surface area (TPSA) is 45.6 Å². The monoisotopic (exact) mass is 331 g/mol. The van der Waals surface area contributed by atoms with Crippen LogP contribution in [-0.2, 0) is 4.79 Å². The summed E-state index contributed by atoms with van der Waals surface area (Å²) in [5, 5.41) is 1.98. The molecule has 1 amide bonds. The van der Waals surface area contributed by atoms with Crippen molar-refractivity contribution in [2.75, 3.05) is 4.90 Å². The number of benzene rings is 1. The van der Waals surface area contributed by atoms with E-state index in [1.807, 2.05) is 72.1 Å². The van der Waals surface area contributed by atoms with Gasteiger partial charge in [-0.3, -0.25) is 4.79 Å². The number of anilines is 1. The molecule has 1 aliphatic heterocycles. The molecule has 5 heteroatoms. The largest absolute Gasteiger partial charge is 0.283 e. The van der Waals surface area contributed by atoms with E-state index < -0.39 is 0 Å². The molecule has 0 atom stereocenters. The molecule has 3 heterocycles. The number of amides is 1. The second-order valence-electron chi connectivity index (χ2n) is 5.17. The van der Waals surface area contributed by atoms with Gasteiger partial charge in [0.15, 0.2) is 0 Å². The van der Waals surface area contributed by atoms with E-state index in [4.69, 9.17) is 0 Å². The van der Waals surface area contributed by atoms with Crippen LogP contribution in [0, 0.1) is 0 Å². The molecule has 0 N–H and O–H groups in total. The number of amidine groups is 1. The summed E-state index contributed by atoms with van der Waals surface area (Å²) in [7, 11) is 0. The molecule has 4 rings (SSSR count). The van der Waals surface area contributed by atoms with E-state index in [1.54, 1.807) is 22.4 Å². The average Bonchev–Trinajstić information content (AvgIpc) is 3.25. The van der Waals surface area contributed by atoms with Gasteiger partial charge in [-0.2, -0.15) is 0 Å². The van der Waals surface area contributed by atoms with E-state index in [0.29, 0.717) is 17.4 Å². The fourth-order valence-corrected chi connectivity index (χ4v) is 3.16. The Balaban J connectivity index is 1.83. The normalized spacial score (nSPS) is 15.8. The maximum atomic E-state index is 12.9. The lowest BCUT2D eigenvalue weighted by atomic mass is 10.2. The Labute approximate surface area is 143 Å². The van der Waals surface area contributed by atoms with E-state index >= 15 is 0 Å². The number of pyridine rings is 1. The molecule has 0 unspecified atom stereocenters. The first-order valence-corrected chi connectivity index (χ1v) is 8.36. The third kappa shape index (κ3) is 2.66.